The summed E-state index contributed by atoms with van der Waals surface area (Å²) in [5.41, 5.74) is 0. The lowest BCUT2D eigenvalue weighted by atomic mass is 9.93. The Kier molecular flexibility index (Phi) is 4.18. The lowest BCUT2D eigenvalue weighted by Crippen LogP contribution is -2.35. The van der Waals surface area contributed by atoms with Gasteiger partial charge in [-0.2, -0.15) is 0 Å². The van der Waals surface area contributed by atoms with Crippen LogP contribution in [-0.2, 0) is 4.79 Å². The Hall–Kier alpha value is -0.610. The molecule has 0 unspecified atom stereocenters. The summed E-state index contributed by atoms with van der Waals surface area (Å²) in [6.45, 7) is 0.538. The first-order chi connectivity index (χ1) is 6.18. The maximum atomic E-state index is 10.2. The average molecular weight is 187 g/mol. The molecule has 3 N–H and O–H groups in total. The zero-order valence-corrected chi connectivity index (χ0v) is 7.70. The molecule has 0 aliphatic heterocycles. The molecule has 0 atom stereocenters. The Balaban J connectivity index is 2.05. The molecule has 0 spiro atoms. The molecule has 4 nitrogen and oxygen atoms in total. The Morgan fingerprint density at radius 3 is 2.46 bits per heavy atom. The van der Waals surface area contributed by atoms with Crippen molar-refractivity contribution in [2.24, 2.45) is 0 Å². The minimum Gasteiger partial charge on any atom is -0.481 e. The minimum absolute atomic E-state index is 0.141. The van der Waals surface area contributed by atoms with E-state index in [1.807, 2.05) is 0 Å². The van der Waals surface area contributed by atoms with Gasteiger partial charge < -0.3 is 15.5 Å². The maximum Gasteiger partial charge on any atom is 0.304 e. The first kappa shape index (κ1) is 10.5. The van der Waals surface area contributed by atoms with Crippen LogP contribution >= 0.6 is 0 Å². The Morgan fingerprint density at radius 1 is 1.31 bits per heavy atom. The number of rotatable bonds is 4. The molecule has 1 aliphatic carbocycles. The zero-order chi connectivity index (χ0) is 9.68. The van der Waals surface area contributed by atoms with E-state index in [2.05, 4.69) is 5.32 Å². The van der Waals surface area contributed by atoms with Crippen LogP contribution in [0.5, 0.6) is 0 Å². The number of nitrogens with one attached hydrogen (secondary N) is 1. The Labute approximate surface area is 78.0 Å². The second-order valence-corrected chi connectivity index (χ2v) is 3.60. The second kappa shape index (κ2) is 5.19. The van der Waals surface area contributed by atoms with Gasteiger partial charge in [0.25, 0.3) is 0 Å². The molecule has 1 fully saturated rings. The Morgan fingerprint density at radius 2 is 1.92 bits per heavy atom. The molecule has 76 valence electrons. The lowest BCUT2D eigenvalue weighted by molar-refractivity contribution is -0.136. The first-order valence-corrected chi connectivity index (χ1v) is 4.81. The molecule has 0 amide bonds. The molecule has 13 heavy (non-hydrogen) atoms. The van der Waals surface area contributed by atoms with Gasteiger partial charge in [-0.05, 0) is 25.7 Å². The van der Waals surface area contributed by atoms with Crippen LogP contribution in [-0.4, -0.2) is 34.9 Å². The molecule has 1 saturated carbocycles. The molecule has 1 aliphatic rings. The number of carbonyl (C=O) groups is 1. The van der Waals surface area contributed by atoms with E-state index in [0.29, 0.717) is 12.6 Å². The van der Waals surface area contributed by atoms with Crippen molar-refractivity contribution in [2.45, 2.75) is 44.2 Å². The molecule has 0 aromatic heterocycles. The topological polar surface area (TPSA) is 69.6 Å². The fourth-order valence-electron chi connectivity index (χ4n) is 1.66. The number of carboxylic acid groups (broad SMARTS) is 1. The smallest absolute Gasteiger partial charge is 0.304 e. The highest BCUT2D eigenvalue weighted by Gasteiger charge is 2.18. The van der Waals surface area contributed by atoms with Crippen LogP contribution in [0.4, 0.5) is 0 Å². The molecular formula is C9H17NO3. The molecule has 0 aromatic carbocycles. The molecule has 0 bridgehead atoms. The van der Waals surface area contributed by atoms with Gasteiger partial charge in [0.15, 0.2) is 0 Å². The van der Waals surface area contributed by atoms with E-state index in [1.54, 1.807) is 0 Å². The molecule has 0 saturated heterocycles. The van der Waals surface area contributed by atoms with Crippen molar-refractivity contribution in [3.05, 3.63) is 0 Å². The van der Waals surface area contributed by atoms with Crippen LogP contribution in [0.1, 0.15) is 32.1 Å². The molecule has 4 heteroatoms. The van der Waals surface area contributed by atoms with E-state index >= 15 is 0 Å². The molecule has 0 heterocycles. The van der Waals surface area contributed by atoms with Gasteiger partial charge in [-0.1, -0.05) is 0 Å². The fourth-order valence-corrected chi connectivity index (χ4v) is 1.66. The fraction of sp³-hybridized carbons (Fsp3) is 0.889. The summed E-state index contributed by atoms with van der Waals surface area (Å²) in [5.74, 6) is -0.761. The number of aliphatic hydroxyl groups excluding tert-OH is 1. The van der Waals surface area contributed by atoms with E-state index < -0.39 is 5.97 Å². The SMILES string of the molecule is O=C(O)CCNC1CCC(O)CC1. The molecule has 1 rings (SSSR count). The average Bonchev–Trinajstić information content (AvgIpc) is 2.08. The third-order valence-electron chi connectivity index (χ3n) is 2.47. The summed E-state index contributed by atoms with van der Waals surface area (Å²) in [6.07, 6.45) is 3.63. The molecular weight excluding hydrogens is 170 g/mol. The van der Waals surface area contributed by atoms with Gasteiger partial charge in [-0.15, -0.1) is 0 Å². The highest BCUT2D eigenvalue weighted by atomic mass is 16.4. The summed E-state index contributed by atoms with van der Waals surface area (Å²) >= 11 is 0. The van der Waals surface area contributed by atoms with Crippen LogP contribution in [0.25, 0.3) is 0 Å². The number of aliphatic hydroxyl groups is 1. The van der Waals surface area contributed by atoms with Gasteiger partial charge in [-0.25, -0.2) is 0 Å². The standard InChI is InChI=1S/C9H17NO3/c11-8-3-1-7(2-4-8)10-6-5-9(12)13/h7-8,10-11H,1-6H2,(H,12,13). The third-order valence-corrected chi connectivity index (χ3v) is 2.47. The van der Waals surface area contributed by atoms with E-state index in [-0.39, 0.29) is 12.5 Å². The highest BCUT2D eigenvalue weighted by molar-refractivity contribution is 5.66. The highest BCUT2D eigenvalue weighted by Crippen LogP contribution is 2.17. The largest absolute Gasteiger partial charge is 0.481 e. The second-order valence-electron chi connectivity index (χ2n) is 3.60. The van der Waals surface area contributed by atoms with Crippen LogP contribution in [0, 0.1) is 0 Å². The van der Waals surface area contributed by atoms with Gasteiger partial charge >= 0.3 is 5.97 Å². The lowest BCUT2D eigenvalue weighted by Gasteiger charge is -2.25. The van der Waals surface area contributed by atoms with Crippen molar-refractivity contribution in [1.82, 2.24) is 5.32 Å². The van der Waals surface area contributed by atoms with Gasteiger partial charge in [0, 0.05) is 12.6 Å². The zero-order valence-electron chi connectivity index (χ0n) is 7.70. The molecule has 0 radical (unpaired) electrons. The minimum atomic E-state index is -0.761. The third kappa shape index (κ3) is 4.24. The summed E-state index contributed by atoms with van der Waals surface area (Å²) in [7, 11) is 0. The van der Waals surface area contributed by atoms with E-state index in [1.165, 1.54) is 0 Å². The number of carboxylic acids is 1. The summed E-state index contributed by atoms with van der Waals surface area (Å²) in [5, 5.41) is 20.8. The van der Waals surface area contributed by atoms with Gasteiger partial charge in [0.1, 0.15) is 0 Å². The van der Waals surface area contributed by atoms with Crippen molar-refractivity contribution in [3.63, 3.8) is 0 Å². The first-order valence-electron chi connectivity index (χ1n) is 4.81. The van der Waals surface area contributed by atoms with E-state index in [9.17, 15) is 9.90 Å². The van der Waals surface area contributed by atoms with Crippen molar-refractivity contribution < 1.29 is 15.0 Å². The van der Waals surface area contributed by atoms with Gasteiger partial charge in [0.2, 0.25) is 0 Å². The summed E-state index contributed by atoms with van der Waals surface area (Å²) < 4.78 is 0. The predicted molar refractivity (Wildman–Crippen MR) is 48.5 cm³/mol. The van der Waals surface area contributed by atoms with E-state index in [0.717, 1.165) is 25.7 Å². The predicted octanol–water partition coefficient (Wildman–Crippen LogP) is 0.354. The van der Waals surface area contributed by atoms with Gasteiger partial charge in [0.05, 0.1) is 12.5 Å². The van der Waals surface area contributed by atoms with Crippen molar-refractivity contribution in [3.8, 4) is 0 Å². The number of hydrogen-bond acceptors (Lipinski definition) is 3. The maximum absolute atomic E-state index is 10.2. The van der Waals surface area contributed by atoms with Crippen LogP contribution in [0.2, 0.25) is 0 Å². The van der Waals surface area contributed by atoms with Crippen LogP contribution < -0.4 is 5.32 Å². The Bertz CT molecular complexity index is 164. The van der Waals surface area contributed by atoms with Crippen molar-refractivity contribution in [1.29, 1.82) is 0 Å². The van der Waals surface area contributed by atoms with Crippen LogP contribution in [0.15, 0.2) is 0 Å². The van der Waals surface area contributed by atoms with Crippen molar-refractivity contribution in [2.75, 3.05) is 6.54 Å². The van der Waals surface area contributed by atoms with E-state index in [4.69, 9.17) is 5.11 Å². The molecule has 0 aromatic rings. The van der Waals surface area contributed by atoms with Gasteiger partial charge in [-0.3, -0.25) is 4.79 Å². The number of aliphatic carboxylic acids is 1. The summed E-state index contributed by atoms with van der Waals surface area (Å²) in [4.78, 5) is 10.2. The summed E-state index contributed by atoms with van der Waals surface area (Å²) in [6, 6.07) is 0.405. The quantitative estimate of drug-likeness (QED) is 0.594. The van der Waals surface area contributed by atoms with Crippen LogP contribution in [0.3, 0.4) is 0 Å². The van der Waals surface area contributed by atoms with Crippen molar-refractivity contribution >= 4 is 5.97 Å². The normalized spacial score (nSPS) is 28.7. The number of hydrogen-bond donors (Lipinski definition) is 3. The monoisotopic (exact) mass is 187 g/mol.